The summed E-state index contributed by atoms with van der Waals surface area (Å²) in [7, 11) is 0. The molecular weight excluding hydrogens is 234 g/mol. The molecule has 1 aliphatic carbocycles. The number of fused-ring (bicyclic) bond motifs is 3. The van der Waals surface area contributed by atoms with Crippen LogP contribution in [0.15, 0.2) is 6.07 Å². The fourth-order valence-electron chi connectivity index (χ4n) is 3.69. The SMILES string of the molecule is Cc1cc2[nH]c3c(c2c(N2CCCC2)n1)CCCC3. The average molecular weight is 255 g/mol. The van der Waals surface area contributed by atoms with Crippen LogP contribution in [0.4, 0.5) is 5.82 Å². The summed E-state index contributed by atoms with van der Waals surface area (Å²) in [4.78, 5) is 11.0. The van der Waals surface area contributed by atoms with Gasteiger partial charge >= 0.3 is 0 Å². The molecule has 3 heterocycles. The number of rotatable bonds is 1. The van der Waals surface area contributed by atoms with E-state index >= 15 is 0 Å². The van der Waals surface area contributed by atoms with Crippen LogP contribution in [0.1, 0.15) is 42.6 Å². The minimum absolute atomic E-state index is 1.13. The van der Waals surface area contributed by atoms with Crippen LogP contribution < -0.4 is 4.90 Å². The van der Waals surface area contributed by atoms with E-state index in [9.17, 15) is 0 Å². The van der Waals surface area contributed by atoms with Gasteiger partial charge in [0.1, 0.15) is 5.82 Å². The molecule has 3 heteroatoms. The van der Waals surface area contributed by atoms with Crippen molar-refractivity contribution in [2.45, 2.75) is 45.4 Å². The van der Waals surface area contributed by atoms with Crippen LogP contribution in [-0.2, 0) is 12.8 Å². The fraction of sp³-hybridized carbons (Fsp3) is 0.562. The molecule has 19 heavy (non-hydrogen) atoms. The number of aromatic amines is 1. The lowest BCUT2D eigenvalue weighted by atomic mass is 9.95. The lowest BCUT2D eigenvalue weighted by Crippen LogP contribution is -2.19. The molecule has 0 atom stereocenters. The van der Waals surface area contributed by atoms with Crippen LogP contribution in [0.2, 0.25) is 0 Å². The maximum atomic E-state index is 4.87. The molecule has 2 aromatic heterocycles. The van der Waals surface area contributed by atoms with Gasteiger partial charge in [0.15, 0.2) is 0 Å². The molecule has 0 radical (unpaired) electrons. The molecule has 2 aliphatic rings. The van der Waals surface area contributed by atoms with Gasteiger partial charge < -0.3 is 9.88 Å². The first-order valence-electron chi connectivity index (χ1n) is 7.59. The van der Waals surface area contributed by atoms with Gasteiger partial charge in [-0.15, -0.1) is 0 Å². The van der Waals surface area contributed by atoms with Crippen molar-refractivity contribution in [3.8, 4) is 0 Å². The molecule has 1 N–H and O–H groups in total. The third-order valence-corrected chi connectivity index (χ3v) is 4.59. The quantitative estimate of drug-likeness (QED) is 0.847. The molecule has 4 rings (SSSR count). The molecule has 3 nitrogen and oxygen atoms in total. The van der Waals surface area contributed by atoms with Gasteiger partial charge in [-0.25, -0.2) is 4.98 Å². The highest BCUT2D eigenvalue weighted by Gasteiger charge is 2.23. The van der Waals surface area contributed by atoms with Gasteiger partial charge in [0.25, 0.3) is 0 Å². The zero-order valence-electron chi connectivity index (χ0n) is 11.6. The molecule has 1 aliphatic heterocycles. The Balaban J connectivity index is 1.96. The maximum absolute atomic E-state index is 4.87. The van der Waals surface area contributed by atoms with E-state index in [-0.39, 0.29) is 0 Å². The van der Waals surface area contributed by atoms with Gasteiger partial charge in [0, 0.05) is 29.9 Å². The predicted molar refractivity (Wildman–Crippen MR) is 78.9 cm³/mol. The van der Waals surface area contributed by atoms with Crippen molar-refractivity contribution < 1.29 is 0 Å². The van der Waals surface area contributed by atoms with Gasteiger partial charge in [-0.05, 0) is 57.1 Å². The number of aryl methyl sites for hydroxylation is 3. The van der Waals surface area contributed by atoms with E-state index in [1.165, 1.54) is 74.0 Å². The highest BCUT2D eigenvalue weighted by Crippen LogP contribution is 2.36. The van der Waals surface area contributed by atoms with Crippen molar-refractivity contribution in [1.82, 2.24) is 9.97 Å². The molecule has 0 unspecified atom stereocenters. The molecule has 1 saturated heterocycles. The minimum Gasteiger partial charge on any atom is -0.358 e. The van der Waals surface area contributed by atoms with E-state index in [1.807, 2.05) is 0 Å². The summed E-state index contributed by atoms with van der Waals surface area (Å²) in [5.41, 5.74) is 5.46. The summed E-state index contributed by atoms with van der Waals surface area (Å²) in [6.07, 6.45) is 7.70. The van der Waals surface area contributed by atoms with Gasteiger partial charge in [-0.1, -0.05) is 0 Å². The molecular formula is C16H21N3. The third-order valence-electron chi connectivity index (χ3n) is 4.59. The number of nitrogens with zero attached hydrogens (tertiary/aromatic N) is 2. The van der Waals surface area contributed by atoms with Crippen LogP contribution in [-0.4, -0.2) is 23.1 Å². The lowest BCUT2D eigenvalue weighted by molar-refractivity contribution is 0.680. The predicted octanol–water partition coefficient (Wildman–Crippen LogP) is 3.35. The first-order valence-corrected chi connectivity index (χ1v) is 7.59. The second-order valence-electron chi connectivity index (χ2n) is 5.99. The van der Waals surface area contributed by atoms with Crippen molar-refractivity contribution in [2.75, 3.05) is 18.0 Å². The number of hydrogen-bond donors (Lipinski definition) is 1. The fourth-order valence-corrected chi connectivity index (χ4v) is 3.69. The van der Waals surface area contributed by atoms with Crippen LogP contribution in [0.5, 0.6) is 0 Å². The molecule has 2 aromatic rings. The number of aromatic nitrogens is 2. The summed E-state index contributed by atoms with van der Waals surface area (Å²) in [5.74, 6) is 1.24. The van der Waals surface area contributed by atoms with Gasteiger partial charge in [-0.2, -0.15) is 0 Å². The molecule has 0 amide bonds. The molecule has 0 saturated carbocycles. The second-order valence-corrected chi connectivity index (χ2v) is 5.99. The van der Waals surface area contributed by atoms with Crippen molar-refractivity contribution in [1.29, 1.82) is 0 Å². The number of nitrogens with one attached hydrogen (secondary N) is 1. The Morgan fingerprint density at radius 3 is 2.74 bits per heavy atom. The smallest absolute Gasteiger partial charge is 0.138 e. The Kier molecular flexibility index (Phi) is 2.54. The monoisotopic (exact) mass is 255 g/mol. The van der Waals surface area contributed by atoms with Gasteiger partial charge in [0.2, 0.25) is 0 Å². The Labute approximate surface area is 114 Å². The number of H-pyrrole nitrogens is 1. The van der Waals surface area contributed by atoms with Crippen LogP contribution in [0, 0.1) is 6.92 Å². The normalized spacial score (nSPS) is 19.1. The van der Waals surface area contributed by atoms with E-state index < -0.39 is 0 Å². The Morgan fingerprint density at radius 2 is 1.89 bits per heavy atom. The van der Waals surface area contributed by atoms with Crippen molar-refractivity contribution in [3.63, 3.8) is 0 Å². The van der Waals surface area contributed by atoms with E-state index in [1.54, 1.807) is 5.56 Å². The third kappa shape index (κ3) is 1.75. The highest BCUT2D eigenvalue weighted by molar-refractivity contribution is 5.95. The number of hydrogen-bond acceptors (Lipinski definition) is 2. The maximum Gasteiger partial charge on any atom is 0.138 e. The summed E-state index contributed by atoms with van der Waals surface area (Å²) in [6, 6.07) is 2.22. The summed E-state index contributed by atoms with van der Waals surface area (Å²) >= 11 is 0. The topological polar surface area (TPSA) is 31.9 Å². The lowest BCUT2D eigenvalue weighted by Gasteiger charge is -2.19. The highest BCUT2D eigenvalue weighted by atomic mass is 15.2. The van der Waals surface area contributed by atoms with Crippen LogP contribution in [0.25, 0.3) is 10.9 Å². The van der Waals surface area contributed by atoms with Crippen molar-refractivity contribution >= 4 is 16.7 Å². The van der Waals surface area contributed by atoms with Crippen molar-refractivity contribution in [2.24, 2.45) is 0 Å². The summed E-state index contributed by atoms with van der Waals surface area (Å²) < 4.78 is 0. The van der Waals surface area contributed by atoms with Gasteiger partial charge in [0.05, 0.1) is 5.52 Å². The molecule has 0 spiro atoms. The Hall–Kier alpha value is -1.51. The molecule has 0 bridgehead atoms. The van der Waals surface area contributed by atoms with E-state index in [4.69, 9.17) is 4.98 Å². The second kappa shape index (κ2) is 4.26. The van der Waals surface area contributed by atoms with Crippen LogP contribution in [0.3, 0.4) is 0 Å². The summed E-state index contributed by atoms with van der Waals surface area (Å²) in [5, 5.41) is 1.42. The van der Waals surface area contributed by atoms with E-state index in [0.717, 1.165) is 5.69 Å². The average Bonchev–Trinajstić information content (AvgIpc) is 3.04. The first-order chi connectivity index (χ1) is 9.33. The van der Waals surface area contributed by atoms with Crippen LogP contribution >= 0.6 is 0 Å². The standard InChI is InChI=1S/C16H21N3/c1-11-10-14-15(12-6-2-3-7-13(12)18-14)16(17-11)19-8-4-5-9-19/h10,18H,2-9H2,1H3. The zero-order valence-corrected chi connectivity index (χ0v) is 11.6. The van der Waals surface area contributed by atoms with Crippen molar-refractivity contribution in [3.05, 3.63) is 23.0 Å². The Bertz CT molecular complexity index is 620. The van der Waals surface area contributed by atoms with Gasteiger partial charge in [-0.3, -0.25) is 0 Å². The number of anilines is 1. The largest absolute Gasteiger partial charge is 0.358 e. The first kappa shape index (κ1) is 11.3. The molecule has 1 fully saturated rings. The Morgan fingerprint density at radius 1 is 1.11 bits per heavy atom. The summed E-state index contributed by atoms with van der Waals surface area (Å²) in [6.45, 7) is 4.45. The molecule has 0 aromatic carbocycles. The number of pyridine rings is 1. The minimum atomic E-state index is 1.13. The molecule has 100 valence electrons. The van der Waals surface area contributed by atoms with E-state index in [0.29, 0.717) is 0 Å². The zero-order chi connectivity index (χ0) is 12.8. The van der Waals surface area contributed by atoms with E-state index in [2.05, 4.69) is 22.9 Å².